The van der Waals surface area contributed by atoms with E-state index in [4.69, 9.17) is 9.84 Å². The lowest BCUT2D eigenvalue weighted by molar-refractivity contribution is 0.102. The molecule has 0 radical (unpaired) electrons. The second kappa shape index (κ2) is 11.1. The van der Waals surface area contributed by atoms with E-state index in [0.717, 1.165) is 47.5 Å². The fraction of sp³-hybridized carbons (Fsp3) is 0.333. The van der Waals surface area contributed by atoms with Crippen molar-refractivity contribution in [3.8, 4) is 16.9 Å². The second-order valence-electron chi connectivity index (χ2n) is 8.83. The van der Waals surface area contributed by atoms with Crippen LogP contribution in [0.5, 0.6) is 5.75 Å². The zero-order valence-electron chi connectivity index (χ0n) is 19.5. The first-order valence-corrected chi connectivity index (χ1v) is 12.9. The maximum atomic E-state index is 10.4. The maximum absolute atomic E-state index is 10.4. The molecule has 0 amide bonds. The number of nitrogens with one attached hydrogen (secondary N) is 1. The van der Waals surface area contributed by atoms with Crippen LogP contribution in [0.15, 0.2) is 66.3 Å². The van der Waals surface area contributed by atoms with Gasteiger partial charge in [0, 0.05) is 36.6 Å². The standard InChI is InChI=1S/C27H30N4O3S/c32-15-19-6-8-23(9-7-19)34-16-22(33)14-28-21-10-12-31(13-11-21)26-25-24(20-4-2-1-3-5-20)17-35-27(25)30-18-29-26/h1-9,17-18,21-22,28,32-33H,10-16H2. The van der Waals surface area contributed by atoms with Crippen LogP contribution in [0, 0.1) is 0 Å². The number of hydrogen-bond donors (Lipinski definition) is 3. The summed E-state index contributed by atoms with van der Waals surface area (Å²) in [5.74, 6) is 1.70. The topological polar surface area (TPSA) is 90.7 Å². The number of ether oxygens (including phenoxy) is 1. The highest BCUT2D eigenvalue weighted by Crippen LogP contribution is 2.38. The van der Waals surface area contributed by atoms with E-state index in [1.165, 1.54) is 11.1 Å². The van der Waals surface area contributed by atoms with E-state index in [9.17, 15) is 5.11 Å². The predicted molar refractivity (Wildman–Crippen MR) is 140 cm³/mol. The first kappa shape index (κ1) is 23.7. The first-order valence-electron chi connectivity index (χ1n) is 12.0. The molecule has 2 aromatic carbocycles. The fourth-order valence-electron chi connectivity index (χ4n) is 4.47. The van der Waals surface area contributed by atoms with Gasteiger partial charge in [-0.15, -0.1) is 11.3 Å². The summed E-state index contributed by atoms with van der Waals surface area (Å²) in [7, 11) is 0. The Labute approximate surface area is 209 Å². The summed E-state index contributed by atoms with van der Waals surface area (Å²) in [5.41, 5.74) is 3.21. The number of fused-ring (bicyclic) bond motifs is 1. The van der Waals surface area contributed by atoms with Gasteiger partial charge in [-0.3, -0.25) is 0 Å². The molecule has 0 spiro atoms. The van der Waals surface area contributed by atoms with Crippen molar-refractivity contribution in [2.75, 3.05) is 31.1 Å². The van der Waals surface area contributed by atoms with E-state index in [0.29, 0.717) is 18.3 Å². The zero-order valence-corrected chi connectivity index (χ0v) is 20.3. The summed E-state index contributed by atoms with van der Waals surface area (Å²) in [6.07, 6.45) is 3.03. The summed E-state index contributed by atoms with van der Waals surface area (Å²) in [4.78, 5) is 12.6. The molecule has 3 heterocycles. The fourth-order valence-corrected chi connectivity index (χ4v) is 5.38. The Bertz CT molecular complexity index is 1220. The highest BCUT2D eigenvalue weighted by molar-refractivity contribution is 7.17. The molecule has 2 aromatic heterocycles. The number of aliphatic hydroxyl groups excluding tert-OH is 2. The molecule has 35 heavy (non-hydrogen) atoms. The molecular formula is C27H30N4O3S. The molecule has 7 nitrogen and oxygen atoms in total. The number of rotatable bonds is 9. The highest BCUT2D eigenvalue weighted by Gasteiger charge is 2.24. The third kappa shape index (κ3) is 5.62. The summed E-state index contributed by atoms with van der Waals surface area (Å²) < 4.78 is 5.67. The van der Waals surface area contributed by atoms with E-state index >= 15 is 0 Å². The Morgan fingerprint density at radius 3 is 2.57 bits per heavy atom. The number of hydrogen-bond acceptors (Lipinski definition) is 8. The summed E-state index contributed by atoms with van der Waals surface area (Å²) >= 11 is 1.66. The number of nitrogens with zero attached hydrogens (tertiary/aromatic N) is 3. The number of thiophene rings is 1. The lowest BCUT2D eigenvalue weighted by Crippen LogP contribution is -2.45. The summed E-state index contributed by atoms with van der Waals surface area (Å²) in [5, 5.41) is 26.3. The Kier molecular flexibility index (Phi) is 7.54. The molecular weight excluding hydrogens is 460 g/mol. The van der Waals surface area contributed by atoms with Gasteiger partial charge >= 0.3 is 0 Å². The van der Waals surface area contributed by atoms with Gasteiger partial charge in [0.25, 0.3) is 0 Å². The normalized spacial score (nSPS) is 15.4. The molecule has 3 N–H and O–H groups in total. The van der Waals surface area contributed by atoms with Crippen LogP contribution in [0.25, 0.3) is 21.3 Å². The minimum absolute atomic E-state index is 0.00912. The minimum atomic E-state index is -0.591. The molecule has 1 saturated heterocycles. The first-order chi connectivity index (χ1) is 17.2. The van der Waals surface area contributed by atoms with E-state index in [1.54, 1.807) is 17.7 Å². The van der Waals surface area contributed by atoms with Crippen LogP contribution in [0.4, 0.5) is 5.82 Å². The van der Waals surface area contributed by atoms with Gasteiger partial charge in [-0.05, 0) is 36.1 Å². The average Bonchev–Trinajstić information content (AvgIpc) is 3.36. The van der Waals surface area contributed by atoms with E-state index in [-0.39, 0.29) is 13.2 Å². The van der Waals surface area contributed by atoms with E-state index in [2.05, 4.69) is 49.8 Å². The smallest absolute Gasteiger partial charge is 0.141 e. The molecule has 1 atom stereocenters. The zero-order chi connectivity index (χ0) is 24.0. The number of aliphatic hydroxyl groups is 2. The Morgan fingerprint density at radius 1 is 1.06 bits per heavy atom. The molecule has 0 saturated carbocycles. The molecule has 5 rings (SSSR count). The molecule has 0 aliphatic carbocycles. The van der Waals surface area contributed by atoms with Crippen molar-refractivity contribution in [3.63, 3.8) is 0 Å². The summed E-state index contributed by atoms with van der Waals surface area (Å²) in [6, 6.07) is 18.0. The van der Waals surface area contributed by atoms with Crippen LogP contribution in [0.3, 0.4) is 0 Å². The van der Waals surface area contributed by atoms with Crippen molar-refractivity contribution in [3.05, 3.63) is 71.9 Å². The van der Waals surface area contributed by atoms with Crippen LogP contribution in [0.1, 0.15) is 18.4 Å². The van der Waals surface area contributed by atoms with Crippen LogP contribution in [-0.4, -0.2) is 58.6 Å². The lowest BCUT2D eigenvalue weighted by atomic mass is 10.0. The van der Waals surface area contributed by atoms with Gasteiger partial charge < -0.3 is 25.2 Å². The van der Waals surface area contributed by atoms with Gasteiger partial charge in [-0.2, -0.15) is 0 Å². The largest absolute Gasteiger partial charge is 0.491 e. The average molecular weight is 491 g/mol. The number of benzene rings is 2. The predicted octanol–water partition coefficient (Wildman–Crippen LogP) is 3.85. The number of piperidine rings is 1. The third-order valence-electron chi connectivity index (χ3n) is 6.42. The SMILES string of the molecule is OCc1ccc(OCC(O)CNC2CCN(c3ncnc4scc(-c5ccccc5)c34)CC2)cc1. The van der Waals surface area contributed by atoms with Crippen LogP contribution in [0.2, 0.25) is 0 Å². The Balaban J connectivity index is 1.15. The van der Waals surface area contributed by atoms with Crippen LogP contribution in [-0.2, 0) is 6.61 Å². The molecule has 0 bridgehead atoms. The molecule has 1 aliphatic rings. The van der Waals surface area contributed by atoms with Gasteiger partial charge in [0.1, 0.15) is 35.4 Å². The molecule has 1 fully saturated rings. The third-order valence-corrected chi connectivity index (χ3v) is 7.31. The van der Waals surface area contributed by atoms with Crippen molar-refractivity contribution in [1.29, 1.82) is 0 Å². The van der Waals surface area contributed by atoms with Crippen molar-refractivity contribution < 1.29 is 14.9 Å². The number of aromatic nitrogens is 2. The van der Waals surface area contributed by atoms with E-state index < -0.39 is 6.10 Å². The van der Waals surface area contributed by atoms with Gasteiger partial charge in [0.05, 0.1) is 12.0 Å². The van der Waals surface area contributed by atoms with Gasteiger partial charge in [0.15, 0.2) is 0 Å². The van der Waals surface area contributed by atoms with Crippen LogP contribution < -0.4 is 15.0 Å². The molecule has 182 valence electrons. The molecule has 1 aliphatic heterocycles. The van der Waals surface area contributed by atoms with Crippen molar-refractivity contribution >= 4 is 27.4 Å². The Morgan fingerprint density at radius 2 is 1.83 bits per heavy atom. The molecule has 1 unspecified atom stereocenters. The maximum Gasteiger partial charge on any atom is 0.141 e. The lowest BCUT2D eigenvalue weighted by Gasteiger charge is -2.34. The minimum Gasteiger partial charge on any atom is -0.491 e. The quantitative estimate of drug-likeness (QED) is 0.328. The summed E-state index contributed by atoms with van der Waals surface area (Å²) in [6.45, 7) is 2.52. The van der Waals surface area contributed by atoms with Crippen molar-refractivity contribution in [2.24, 2.45) is 0 Å². The molecule has 8 heteroatoms. The van der Waals surface area contributed by atoms with Crippen molar-refractivity contribution in [2.45, 2.75) is 31.6 Å². The van der Waals surface area contributed by atoms with Crippen LogP contribution >= 0.6 is 11.3 Å². The van der Waals surface area contributed by atoms with E-state index in [1.807, 2.05) is 30.3 Å². The van der Waals surface area contributed by atoms with Crippen molar-refractivity contribution in [1.82, 2.24) is 15.3 Å². The monoisotopic (exact) mass is 490 g/mol. The van der Waals surface area contributed by atoms with Gasteiger partial charge in [-0.25, -0.2) is 9.97 Å². The Hall–Kier alpha value is -3.04. The number of anilines is 1. The van der Waals surface area contributed by atoms with Gasteiger partial charge in [-0.1, -0.05) is 42.5 Å². The molecule has 4 aromatic rings. The highest BCUT2D eigenvalue weighted by atomic mass is 32.1. The second-order valence-corrected chi connectivity index (χ2v) is 9.69. The van der Waals surface area contributed by atoms with Gasteiger partial charge in [0.2, 0.25) is 0 Å².